The second-order valence-corrected chi connectivity index (χ2v) is 10.3. The number of nitrogens with zero attached hydrogens (tertiary/aromatic N) is 7. The Morgan fingerprint density at radius 1 is 1.34 bits per heavy atom. The van der Waals surface area contributed by atoms with E-state index >= 15 is 0 Å². The number of hydrogen-bond donors (Lipinski definition) is 5. The molecule has 2 aliphatic rings. The van der Waals surface area contributed by atoms with Gasteiger partial charge in [0.1, 0.15) is 29.4 Å². The number of fused-ring (bicyclic) bond motifs is 1. The van der Waals surface area contributed by atoms with Crippen molar-refractivity contribution in [3.63, 3.8) is 0 Å². The summed E-state index contributed by atoms with van der Waals surface area (Å²) in [5, 5.41) is 46.8. The van der Waals surface area contributed by atoms with Crippen molar-refractivity contribution >= 4 is 75.9 Å². The molecule has 0 aliphatic carbocycles. The Kier molecular flexibility index (Phi) is 10.3. The minimum Gasteiger partial charge on any atom is -0.477 e. The second kappa shape index (κ2) is 13.2. The highest BCUT2D eigenvalue weighted by Gasteiger charge is 2.54. The number of carboxylic acid groups (broad SMARTS) is 1. The standard InChI is InChI=1S/C18H21N9O7S3.ClH/c19-17-20-9(7-36-17)10(23-34-4-3-29)13(30)21-11-14(31)27-12(16(32)33)8(5-35-15(11)27)6-37-18-22-24-25-26(18)1-2-28;/h7,11,15,28-29H,1-6H2,(H2,19,20)(H,21,30)(H,32,33);1H/b23-10+;. The largest absolute Gasteiger partial charge is 0.477 e. The van der Waals surface area contributed by atoms with E-state index in [9.17, 15) is 19.5 Å². The minimum atomic E-state index is -1.27. The van der Waals surface area contributed by atoms with Crippen molar-refractivity contribution in [2.45, 2.75) is 23.1 Å². The fourth-order valence-corrected chi connectivity index (χ4v) is 6.38. The molecule has 4 heterocycles. The Labute approximate surface area is 233 Å². The molecule has 0 radical (unpaired) electrons. The number of aliphatic hydroxyl groups is 2. The number of carboxylic acids is 1. The smallest absolute Gasteiger partial charge is 0.352 e. The predicted molar refractivity (Wildman–Crippen MR) is 139 cm³/mol. The van der Waals surface area contributed by atoms with Crippen molar-refractivity contribution in [1.82, 2.24) is 35.4 Å². The lowest BCUT2D eigenvalue weighted by Gasteiger charge is -2.49. The Morgan fingerprint density at radius 2 is 2.13 bits per heavy atom. The number of aromatic nitrogens is 5. The van der Waals surface area contributed by atoms with Crippen LogP contribution in [-0.2, 0) is 25.8 Å². The average molecular weight is 608 g/mol. The molecule has 2 aromatic rings. The van der Waals surface area contributed by atoms with Crippen molar-refractivity contribution in [3.05, 3.63) is 22.3 Å². The summed E-state index contributed by atoms with van der Waals surface area (Å²) in [4.78, 5) is 48.1. The van der Waals surface area contributed by atoms with Crippen LogP contribution < -0.4 is 11.1 Å². The summed E-state index contributed by atoms with van der Waals surface area (Å²) in [5.41, 5.74) is 5.88. The Bertz CT molecular complexity index is 1250. The molecule has 20 heteroatoms. The average Bonchev–Trinajstić information content (AvgIpc) is 3.51. The summed E-state index contributed by atoms with van der Waals surface area (Å²) in [5.74, 6) is -2.13. The number of rotatable bonds is 12. The summed E-state index contributed by atoms with van der Waals surface area (Å²) in [6, 6.07) is -1.00. The van der Waals surface area contributed by atoms with Crippen molar-refractivity contribution in [1.29, 1.82) is 0 Å². The van der Waals surface area contributed by atoms with Crippen LogP contribution in [-0.4, -0.2) is 112 Å². The van der Waals surface area contributed by atoms with Gasteiger partial charge in [-0.2, -0.15) is 0 Å². The molecule has 6 N–H and O–H groups in total. The Morgan fingerprint density at radius 3 is 2.79 bits per heavy atom. The second-order valence-electron chi connectivity index (χ2n) is 7.38. The fraction of sp³-hybridized carbons (Fsp3) is 0.444. The molecule has 2 amide bonds. The van der Waals surface area contributed by atoms with Gasteiger partial charge in [-0.3, -0.25) is 14.5 Å². The van der Waals surface area contributed by atoms with E-state index in [1.807, 2.05) is 0 Å². The molecule has 38 heavy (non-hydrogen) atoms. The quantitative estimate of drug-likeness (QED) is 0.0599. The lowest BCUT2D eigenvalue weighted by Crippen LogP contribution is -2.71. The Hall–Kier alpha value is -2.97. The van der Waals surface area contributed by atoms with Gasteiger partial charge in [0.2, 0.25) is 5.16 Å². The number of amides is 2. The zero-order chi connectivity index (χ0) is 26.5. The van der Waals surface area contributed by atoms with Gasteiger partial charge in [0.15, 0.2) is 10.8 Å². The number of nitrogen functional groups attached to an aromatic ring is 1. The van der Waals surface area contributed by atoms with Crippen molar-refractivity contribution in [2.24, 2.45) is 5.16 Å². The molecule has 2 atom stereocenters. The molecular weight excluding hydrogens is 586 g/mol. The highest BCUT2D eigenvalue weighted by molar-refractivity contribution is 8.01. The molecule has 2 aliphatic heterocycles. The first kappa shape index (κ1) is 29.6. The van der Waals surface area contributed by atoms with Crippen molar-refractivity contribution in [2.75, 3.05) is 37.1 Å². The Balaban J connectivity index is 0.00000400. The normalized spacial score (nSPS) is 18.9. The van der Waals surface area contributed by atoms with Crippen molar-refractivity contribution < 1.29 is 34.5 Å². The number of β-lactam (4-membered cyclic amide) rings is 1. The van der Waals surface area contributed by atoms with E-state index in [2.05, 4.69) is 31.0 Å². The van der Waals surface area contributed by atoms with E-state index in [4.69, 9.17) is 20.8 Å². The maximum atomic E-state index is 13.0. The predicted octanol–water partition coefficient (Wildman–Crippen LogP) is -1.63. The first-order valence-electron chi connectivity index (χ1n) is 10.6. The van der Waals surface area contributed by atoms with Crippen LogP contribution in [0.25, 0.3) is 0 Å². The molecule has 0 aromatic carbocycles. The number of nitrogens with two attached hydrogens (primary N) is 1. The van der Waals surface area contributed by atoms with Gasteiger partial charge < -0.3 is 31.2 Å². The number of hydrogen-bond acceptors (Lipinski definition) is 15. The molecule has 2 unspecified atom stereocenters. The summed E-state index contributed by atoms with van der Waals surface area (Å²) >= 11 is 3.56. The first-order chi connectivity index (χ1) is 17.8. The molecule has 1 saturated heterocycles. The van der Waals surface area contributed by atoms with E-state index in [0.717, 1.165) is 16.2 Å². The van der Waals surface area contributed by atoms with E-state index < -0.39 is 29.2 Å². The van der Waals surface area contributed by atoms with Crippen LogP contribution in [0.5, 0.6) is 0 Å². The number of carbonyl (C=O) groups is 3. The lowest BCUT2D eigenvalue weighted by molar-refractivity contribution is -0.150. The van der Waals surface area contributed by atoms with Crippen LogP contribution in [0.4, 0.5) is 5.13 Å². The topological polar surface area (TPSA) is 231 Å². The number of nitrogens with one attached hydrogen (secondary N) is 1. The number of aliphatic carboxylic acids is 1. The number of thiazole rings is 1. The van der Waals surface area contributed by atoms with Crippen LogP contribution in [0.15, 0.2) is 27.0 Å². The maximum absolute atomic E-state index is 13.0. The van der Waals surface area contributed by atoms with Gasteiger partial charge in [-0.15, -0.1) is 40.6 Å². The van der Waals surface area contributed by atoms with E-state index in [-0.39, 0.29) is 66.8 Å². The monoisotopic (exact) mass is 607 g/mol. The van der Waals surface area contributed by atoms with Gasteiger partial charge in [0.25, 0.3) is 11.8 Å². The van der Waals surface area contributed by atoms with Gasteiger partial charge in [-0.05, 0) is 16.0 Å². The lowest BCUT2D eigenvalue weighted by atomic mass is 10.0. The molecule has 0 bridgehead atoms. The molecular formula is C18H22ClN9O7S3. The van der Waals surface area contributed by atoms with Crippen LogP contribution in [0.3, 0.4) is 0 Å². The molecule has 206 valence electrons. The molecule has 1 fully saturated rings. The third-order valence-corrected chi connectivity index (χ3v) is 8.10. The number of halogens is 1. The molecule has 16 nitrogen and oxygen atoms in total. The third-order valence-electron chi connectivity index (χ3n) is 5.04. The molecule has 2 aromatic heterocycles. The van der Waals surface area contributed by atoms with Gasteiger partial charge >= 0.3 is 5.97 Å². The van der Waals surface area contributed by atoms with Gasteiger partial charge in [0.05, 0.1) is 19.8 Å². The maximum Gasteiger partial charge on any atom is 0.352 e. The molecule has 0 saturated carbocycles. The number of oxime groups is 1. The number of anilines is 1. The number of tetrazole rings is 1. The number of thioether (sulfide) groups is 2. The van der Waals surface area contributed by atoms with Gasteiger partial charge in [-0.25, -0.2) is 14.5 Å². The SMILES string of the molecule is Cl.Nc1nc(/C(=N\OCCO)C(=O)NC2C(=O)N3C(C(=O)O)=C(CSc4nnnn4CCO)CSC23)cs1. The van der Waals surface area contributed by atoms with E-state index in [0.29, 0.717) is 16.5 Å². The van der Waals surface area contributed by atoms with Crippen LogP contribution in [0.1, 0.15) is 5.69 Å². The highest BCUT2D eigenvalue weighted by Crippen LogP contribution is 2.41. The first-order valence-corrected chi connectivity index (χ1v) is 13.5. The number of aliphatic hydroxyl groups excluding tert-OH is 2. The third kappa shape index (κ3) is 6.18. The number of carbonyl (C=O) groups excluding carboxylic acids is 2. The summed E-state index contributed by atoms with van der Waals surface area (Å²) in [6.45, 7) is -0.462. The van der Waals surface area contributed by atoms with Crippen LogP contribution in [0, 0.1) is 0 Å². The van der Waals surface area contributed by atoms with Crippen LogP contribution >= 0.6 is 47.3 Å². The highest BCUT2D eigenvalue weighted by atomic mass is 35.5. The minimum absolute atomic E-state index is 0. The van der Waals surface area contributed by atoms with Crippen molar-refractivity contribution in [3.8, 4) is 0 Å². The van der Waals surface area contributed by atoms with E-state index in [1.54, 1.807) is 0 Å². The van der Waals surface area contributed by atoms with Gasteiger partial charge in [-0.1, -0.05) is 16.9 Å². The fourth-order valence-electron chi connectivity index (χ4n) is 3.44. The van der Waals surface area contributed by atoms with E-state index in [1.165, 1.54) is 33.6 Å². The summed E-state index contributed by atoms with van der Waals surface area (Å²) < 4.78 is 1.39. The summed E-state index contributed by atoms with van der Waals surface area (Å²) in [7, 11) is 0. The molecule has 0 spiro atoms. The van der Waals surface area contributed by atoms with Crippen LogP contribution in [0.2, 0.25) is 0 Å². The zero-order valence-electron chi connectivity index (χ0n) is 19.3. The van der Waals surface area contributed by atoms with Gasteiger partial charge in [0, 0.05) is 16.9 Å². The summed E-state index contributed by atoms with van der Waals surface area (Å²) in [6.07, 6.45) is 0. The molecule has 4 rings (SSSR count). The zero-order valence-corrected chi connectivity index (χ0v) is 22.6.